The molecule has 2 rings (SSSR count). The van der Waals surface area contributed by atoms with Crippen LogP contribution in [0.15, 0.2) is 23.2 Å². The third-order valence-electron chi connectivity index (χ3n) is 2.47. The molecule has 2 aromatic heterocycles. The van der Waals surface area contributed by atoms with Crippen molar-refractivity contribution in [3.63, 3.8) is 0 Å². The van der Waals surface area contributed by atoms with Crippen LogP contribution in [-0.2, 0) is 4.74 Å². The monoisotopic (exact) mass is 453 g/mol. The van der Waals surface area contributed by atoms with Gasteiger partial charge in [-0.25, -0.2) is 14.8 Å². The predicted octanol–water partition coefficient (Wildman–Crippen LogP) is 3.65. The smallest absolute Gasteiger partial charge is 0.355 e. The lowest BCUT2D eigenvalue weighted by molar-refractivity contribution is 0.0593. The average Bonchev–Trinajstić information content (AvgIpc) is 2.84. The molecule has 0 fully saturated rings. The van der Waals surface area contributed by atoms with Gasteiger partial charge in [0, 0.05) is 48.3 Å². The molecule has 2 heterocycles. The number of halogens is 2. The molecule has 0 bridgehead atoms. The van der Waals surface area contributed by atoms with E-state index in [0.717, 1.165) is 16.8 Å². The van der Waals surface area contributed by atoms with Crippen molar-refractivity contribution in [2.45, 2.75) is 6.92 Å². The second-order valence-electron chi connectivity index (χ2n) is 3.67. The molecular formula is C11H9BrIN3O2S. The van der Waals surface area contributed by atoms with Crippen LogP contribution in [0.2, 0.25) is 0 Å². The lowest BCUT2D eigenvalue weighted by Gasteiger charge is -2.01. The minimum atomic E-state index is -0.374. The highest BCUT2D eigenvalue weighted by atomic mass is 127. The fourth-order valence-corrected chi connectivity index (χ4v) is 3.21. The van der Waals surface area contributed by atoms with Gasteiger partial charge in [-0.2, -0.15) is 0 Å². The van der Waals surface area contributed by atoms with Crippen LogP contribution in [0.5, 0.6) is 0 Å². The molecule has 0 N–H and O–H groups in total. The van der Waals surface area contributed by atoms with E-state index in [1.165, 1.54) is 16.2 Å². The zero-order valence-corrected chi connectivity index (χ0v) is 14.6. The van der Waals surface area contributed by atoms with E-state index in [1.54, 1.807) is 16.2 Å². The summed E-state index contributed by atoms with van der Waals surface area (Å²) in [6.07, 6.45) is 3.59. The molecule has 100 valence electrons. The molecule has 0 unspecified atom stereocenters. The maximum Gasteiger partial charge on any atom is 0.355 e. The molecule has 0 radical (unpaired) electrons. The van der Waals surface area contributed by atoms with Crippen molar-refractivity contribution >= 4 is 52.2 Å². The topological polar surface area (TPSA) is 57.0 Å². The zero-order chi connectivity index (χ0) is 14.0. The van der Waals surface area contributed by atoms with E-state index in [-0.39, 0.29) is 5.97 Å². The summed E-state index contributed by atoms with van der Waals surface area (Å²) in [6.45, 7) is 1.92. The molecule has 2 aromatic rings. The van der Waals surface area contributed by atoms with Crippen molar-refractivity contribution in [2.75, 3.05) is 7.11 Å². The number of hydrogen-bond acceptors (Lipinski definition) is 5. The lowest BCUT2D eigenvalue weighted by atomic mass is 10.1. The standard InChI is InChI=1S/C11H9BrIN3O2S/c1-6-4-14-11(12)15-9(6)7-3-8(10(17)18-2)16(5-7)19-13/h3-5H,1-2H3. The van der Waals surface area contributed by atoms with Gasteiger partial charge < -0.3 is 4.74 Å². The number of carbonyl (C=O) groups excluding carboxylic acids is 1. The van der Waals surface area contributed by atoms with Crippen molar-refractivity contribution in [3.8, 4) is 11.3 Å². The Morgan fingerprint density at radius 1 is 1.58 bits per heavy atom. The highest BCUT2D eigenvalue weighted by molar-refractivity contribution is 14.2. The van der Waals surface area contributed by atoms with E-state index in [9.17, 15) is 4.79 Å². The summed E-state index contributed by atoms with van der Waals surface area (Å²) in [5, 5.41) is 0. The Balaban J connectivity index is 2.54. The molecule has 8 heteroatoms. The number of hydrogen-bond donors (Lipinski definition) is 0. The fourth-order valence-electron chi connectivity index (χ4n) is 1.60. The Morgan fingerprint density at radius 2 is 2.32 bits per heavy atom. The van der Waals surface area contributed by atoms with Crippen LogP contribution in [0.25, 0.3) is 11.3 Å². The van der Waals surface area contributed by atoms with Crippen LogP contribution < -0.4 is 0 Å². The first-order valence-electron chi connectivity index (χ1n) is 5.16. The van der Waals surface area contributed by atoms with Gasteiger partial charge in [0.1, 0.15) is 5.69 Å². The predicted molar refractivity (Wildman–Crippen MR) is 86.2 cm³/mol. The number of nitrogens with zero attached hydrogens (tertiary/aromatic N) is 3. The van der Waals surface area contributed by atoms with Gasteiger partial charge in [-0.3, -0.25) is 3.97 Å². The average molecular weight is 454 g/mol. The molecule has 5 nitrogen and oxygen atoms in total. The van der Waals surface area contributed by atoms with Crippen molar-refractivity contribution in [2.24, 2.45) is 0 Å². The van der Waals surface area contributed by atoms with Gasteiger partial charge in [0.25, 0.3) is 0 Å². The number of aryl methyl sites for hydroxylation is 1. The maximum absolute atomic E-state index is 11.7. The maximum atomic E-state index is 11.7. The van der Waals surface area contributed by atoms with Crippen molar-refractivity contribution in [3.05, 3.63) is 34.5 Å². The summed E-state index contributed by atoms with van der Waals surface area (Å²) in [4.78, 5) is 20.1. The molecule has 0 aliphatic carbocycles. The van der Waals surface area contributed by atoms with Gasteiger partial charge >= 0.3 is 5.97 Å². The SMILES string of the molecule is COC(=O)c1cc(-c2nc(Br)ncc2C)cn1SI. The Morgan fingerprint density at radius 3 is 2.95 bits per heavy atom. The highest BCUT2D eigenvalue weighted by Gasteiger charge is 2.17. The summed E-state index contributed by atoms with van der Waals surface area (Å²) >= 11 is 5.36. The molecule has 0 aliphatic heterocycles. The molecule has 19 heavy (non-hydrogen) atoms. The second-order valence-corrected chi connectivity index (χ2v) is 6.09. The van der Waals surface area contributed by atoms with E-state index in [2.05, 4.69) is 47.1 Å². The number of rotatable bonds is 3. The van der Waals surface area contributed by atoms with Crippen LogP contribution in [0.1, 0.15) is 16.1 Å². The van der Waals surface area contributed by atoms with Gasteiger partial charge in [0.05, 0.1) is 12.8 Å². The quantitative estimate of drug-likeness (QED) is 0.403. The molecule has 0 atom stereocenters. The van der Waals surface area contributed by atoms with Crippen molar-refractivity contribution in [1.29, 1.82) is 0 Å². The molecule has 0 saturated heterocycles. The van der Waals surface area contributed by atoms with Crippen molar-refractivity contribution < 1.29 is 9.53 Å². The summed E-state index contributed by atoms with van der Waals surface area (Å²) in [5.41, 5.74) is 3.06. The van der Waals surface area contributed by atoms with E-state index >= 15 is 0 Å². The molecular weight excluding hydrogens is 445 g/mol. The van der Waals surface area contributed by atoms with Gasteiger partial charge in [-0.05, 0) is 34.5 Å². The zero-order valence-electron chi connectivity index (χ0n) is 10.1. The van der Waals surface area contributed by atoms with Gasteiger partial charge in [-0.1, -0.05) is 0 Å². The molecule has 0 amide bonds. The first-order chi connectivity index (χ1) is 9.06. The Hall–Kier alpha value is -0.610. The fraction of sp³-hybridized carbons (Fsp3) is 0.182. The second kappa shape index (κ2) is 6.23. The van der Waals surface area contributed by atoms with E-state index in [0.29, 0.717) is 10.4 Å². The third-order valence-corrected chi connectivity index (χ3v) is 4.58. The summed E-state index contributed by atoms with van der Waals surface area (Å²) < 4.78 is 7.03. The Bertz CT molecular complexity index is 632. The Kier molecular flexibility index (Phi) is 4.85. The first kappa shape index (κ1) is 14.8. The largest absolute Gasteiger partial charge is 0.464 e. The minimum absolute atomic E-state index is 0.374. The minimum Gasteiger partial charge on any atom is -0.464 e. The van der Waals surface area contributed by atoms with E-state index in [1.807, 2.05) is 13.1 Å². The molecule has 0 aromatic carbocycles. The summed E-state index contributed by atoms with van der Waals surface area (Å²) in [5.74, 6) is -0.374. The van der Waals surface area contributed by atoms with Crippen molar-refractivity contribution in [1.82, 2.24) is 13.9 Å². The molecule has 0 aliphatic rings. The van der Waals surface area contributed by atoms with Crippen LogP contribution in [-0.4, -0.2) is 27.0 Å². The van der Waals surface area contributed by atoms with Gasteiger partial charge in [0.2, 0.25) is 0 Å². The van der Waals surface area contributed by atoms with Crippen LogP contribution >= 0.6 is 46.3 Å². The first-order valence-corrected chi connectivity index (χ1v) is 9.27. The summed E-state index contributed by atoms with van der Waals surface area (Å²) in [6, 6.07) is 1.76. The van der Waals surface area contributed by atoms with E-state index < -0.39 is 0 Å². The van der Waals surface area contributed by atoms with Gasteiger partial charge in [-0.15, -0.1) is 0 Å². The van der Waals surface area contributed by atoms with Crippen LogP contribution in [0.4, 0.5) is 0 Å². The number of esters is 1. The third kappa shape index (κ3) is 3.11. The number of carbonyl (C=O) groups is 1. The van der Waals surface area contributed by atoms with Crippen LogP contribution in [0.3, 0.4) is 0 Å². The number of aromatic nitrogens is 3. The van der Waals surface area contributed by atoms with Gasteiger partial charge in [0.15, 0.2) is 4.73 Å². The van der Waals surface area contributed by atoms with Crippen LogP contribution in [0, 0.1) is 6.92 Å². The molecule has 0 spiro atoms. The number of methoxy groups -OCH3 is 1. The Labute approximate surface area is 135 Å². The lowest BCUT2D eigenvalue weighted by Crippen LogP contribution is -2.04. The summed E-state index contributed by atoms with van der Waals surface area (Å²) in [7, 11) is 2.76. The highest BCUT2D eigenvalue weighted by Crippen LogP contribution is 2.29. The molecule has 0 saturated carbocycles. The normalized spacial score (nSPS) is 10.5. The van der Waals surface area contributed by atoms with E-state index in [4.69, 9.17) is 4.74 Å². The number of ether oxygens (including phenoxy) is 1.